The summed E-state index contributed by atoms with van der Waals surface area (Å²) < 4.78 is 5.56. The largest absolute Gasteiger partial charge is 0.496 e. The topological polar surface area (TPSA) is 49.9 Å². The van der Waals surface area contributed by atoms with Crippen molar-refractivity contribution in [2.75, 3.05) is 33.8 Å². The van der Waals surface area contributed by atoms with E-state index in [1.54, 1.807) is 12.0 Å². The van der Waals surface area contributed by atoms with E-state index in [-0.39, 0.29) is 17.7 Å². The van der Waals surface area contributed by atoms with Crippen LogP contribution in [0.2, 0.25) is 0 Å². The fourth-order valence-electron chi connectivity index (χ4n) is 4.08. The van der Waals surface area contributed by atoms with Crippen LogP contribution in [-0.2, 0) is 16.0 Å². The fourth-order valence-corrected chi connectivity index (χ4v) is 4.08. The SMILES string of the molecule is COc1ccccc1-c1ccccc1C[C@@H]1CN(C(=O)CC(C)C)CCN(C)C1=O. The third-order valence-corrected chi connectivity index (χ3v) is 5.69. The van der Waals surface area contributed by atoms with Crippen LogP contribution in [0.5, 0.6) is 5.75 Å². The highest BCUT2D eigenvalue weighted by Crippen LogP contribution is 2.33. The molecule has 0 spiro atoms. The molecule has 30 heavy (non-hydrogen) atoms. The van der Waals surface area contributed by atoms with Crippen LogP contribution in [0.25, 0.3) is 11.1 Å². The van der Waals surface area contributed by atoms with Crippen molar-refractivity contribution in [2.24, 2.45) is 11.8 Å². The number of likely N-dealkylation sites (N-methyl/N-ethyl adjacent to an activating group) is 1. The van der Waals surface area contributed by atoms with Crippen LogP contribution in [0.15, 0.2) is 48.5 Å². The summed E-state index contributed by atoms with van der Waals surface area (Å²) >= 11 is 0. The highest BCUT2D eigenvalue weighted by atomic mass is 16.5. The Balaban J connectivity index is 1.90. The van der Waals surface area contributed by atoms with E-state index < -0.39 is 0 Å². The average molecular weight is 409 g/mol. The molecule has 160 valence electrons. The van der Waals surface area contributed by atoms with Gasteiger partial charge in [0.15, 0.2) is 0 Å². The summed E-state index contributed by atoms with van der Waals surface area (Å²) in [5, 5.41) is 0. The molecule has 2 aromatic rings. The number of benzene rings is 2. The minimum Gasteiger partial charge on any atom is -0.496 e. The molecule has 0 aromatic heterocycles. The molecule has 0 aliphatic carbocycles. The Morgan fingerprint density at radius 3 is 2.43 bits per heavy atom. The minimum atomic E-state index is -0.260. The Bertz CT molecular complexity index is 893. The molecule has 0 saturated carbocycles. The number of methoxy groups -OCH3 is 1. The molecular formula is C25H32N2O3. The van der Waals surface area contributed by atoms with Gasteiger partial charge in [-0.15, -0.1) is 0 Å². The van der Waals surface area contributed by atoms with Gasteiger partial charge in [-0.3, -0.25) is 9.59 Å². The maximum atomic E-state index is 13.1. The Morgan fingerprint density at radius 2 is 1.73 bits per heavy atom. The lowest BCUT2D eigenvalue weighted by Crippen LogP contribution is -2.37. The zero-order chi connectivity index (χ0) is 21.7. The number of hydrogen-bond acceptors (Lipinski definition) is 3. The molecule has 0 bridgehead atoms. The van der Waals surface area contributed by atoms with E-state index in [2.05, 4.69) is 12.1 Å². The van der Waals surface area contributed by atoms with Gasteiger partial charge in [0.05, 0.1) is 13.0 Å². The Hall–Kier alpha value is -2.82. The van der Waals surface area contributed by atoms with Crippen LogP contribution in [0.4, 0.5) is 0 Å². The molecule has 0 unspecified atom stereocenters. The molecule has 0 N–H and O–H groups in total. The second-order valence-corrected chi connectivity index (χ2v) is 8.46. The number of rotatable bonds is 6. The van der Waals surface area contributed by atoms with Crippen molar-refractivity contribution in [3.8, 4) is 16.9 Å². The third-order valence-electron chi connectivity index (χ3n) is 5.69. The molecule has 2 amide bonds. The Kier molecular flexibility index (Phi) is 7.14. The number of para-hydroxylation sites is 1. The molecule has 1 aliphatic rings. The van der Waals surface area contributed by atoms with Crippen molar-refractivity contribution in [3.63, 3.8) is 0 Å². The van der Waals surface area contributed by atoms with Gasteiger partial charge in [-0.2, -0.15) is 0 Å². The zero-order valence-electron chi connectivity index (χ0n) is 18.4. The first-order chi connectivity index (χ1) is 14.4. The Labute approximate surface area is 179 Å². The van der Waals surface area contributed by atoms with E-state index in [0.29, 0.717) is 38.4 Å². The lowest BCUT2D eigenvalue weighted by molar-refractivity contribution is -0.134. The third kappa shape index (κ3) is 5.02. The van der Waals surface area contributed by atoms with Crippen LogP contribution in [0.3, 0.4) is 0 Å². The summed E-state index contributed by atoms with van der Waals surface area (Å²) in [6.07, 6.45) is 1.10. The molecule has 1 saturated heterocycles. The van der Waals surface area contributed by atoms with Crippen LogP contribution in [0.1, 0.15) is 25.8 Å². The molecule has 1 fully saturated rings. The van der Waals surface area contributed by atoms with Gasteiger partial charge in [-0.25, -0.2) is 0 Å². The second-order valence-electron chi connectivity index (χ2n) is 8.46. The van der Waals surface area contributed by atoms with Gasteiger partial charge >= 0.3 is 0 Å². The molecule has 1 heterocycles. The average Bonchev–Trinajstić information content (AvgIpc) is 2.87. The van der Waals surface area contributed by atoms with E-state index >= 15 is 0 Å². The number of amides is 2. The quantitative estimate of drug-likeness (QED) is 0.729. The molecule has 1 atom stereocenters. The van der Waals surface area contributed by atoms with E-state index in [1.807, 2.05) is 62.2 Å². The lowest BCUT2D eigenvalue weighted by atomic mass is 9.91. The van der Waals surface area contributed by atoms with E-state index in [1.165, 1.54) is 0 Å². The second kappa shape index (κ2) is 9.79. The maximum absolute atomic E-state index is 13.1. The molecular weight excluding hydrogens is 376 g/mol. The van der Waals surface area contributed by atoms with Gasteiger partial charge < -0.3 is 14.5 Å². The standard InChI is InChI=1S/C25H32N2O3/c1-18(2)15-24(28)27-14-13-26(3)25(29)20(17-27)16-19-9-5-6-10-21(19)22-11-7-8-12-23(22)30-4/h5-12,18,20H,13-17H2,1-4H3/t20-/m1/s1. The molecule has 1 aliphatic heterocycles. The van der Waals surface area contributed by atoms with Crippen molar-refractivity contribution >= 4 is 11.8 Å². The van der Waals surface area contributed by atoms with Gasteiger partial charge in [0.2, 0.25) is 11.8 Å². The summed E-state index contributed by atoms with van der Waals surface area (Å²) in [7, 11) is 3.50. The number of carbonyl (C=O) groups is 2. The van der Waals surface area contributed by atoms with Crippen LogP contribution in [-0.4, -0.2) is 55.4 Å². The monoisotopic (exact) mass is 408 g/mol. The number of hydrogen-bond donors (Lipinski definition) is 0. The van der Waals surface area contributed by atoms with Crippen molar-refractivity contribution in [1.29, 1.82) is 0 Å². The van der Waals surface area contributed by atoms with Crippen molar-refractivity contribution in [2.45, 2.75) is 26.7 Å². The fraction of sp³-hybridized carbons (Fsp3) is 0.440. The predicted molar refractivity (Wildman–Crippen MR) is 119 cm³/mol. The van der Waals surface area contributed by atoms with Crippen LogP contribution in [0, 0.1) is 11.8 Å². The van der Waals surface area contributed by atoms with Crippen molar-refractivity contribution in [3.05, 3.63) is 54.1 Å². The molecule has 5 nitrogen and oxygen atoms in total. The maximum Gasteiger partial charge on any atom is 0.227 e. The number of nitrogens with zero attached hydrogens (tertiary/aromatic N) is 2. The van der Waals surface area contributed by atoms with Gasteiger partial charge in [-0.1, -0.05) is 56.3 Å². The van der Waals surface area contributed by atoms with Crippen LogP contribution < -0.4 is 4.74 Å². The number of ether oxygens (including phenoxy) is 1. The highest BCUT2D eigenvalue weighted by Gasteiger charge is 2.31. The first kappa shape index (κ1) is 21.9. The molecule has 3 rings (SSSR count). The first-order valence-corrected chi connectivity index (χ1v) is 10.6. The van der Waals surface area contributed by atoms with Gasteiger partial charge in [0, 0.05) is 38.7 Å². The van der Waals surface area contributed by atoms with Crippen LogP contribution >= 0.6 is 0 Å². The first-order valence-electron chi connectivity index (χ1n) is 10.6. The summed E-state index contributed by atoms with van der Waals surface area (Å²) in [6.45, 7) is 5.74. The van der Waals surface area contributed by atoms with Crippen molar-refractivity contribution in [1.82, 2.24) is 9.80 Å². The number of carbonyl (C=O) groups excluding carboxylic acids is 2. The Morgan fingerprint density at radius 1 is 1.07 bits per heavy atom. The lowest BCUT2D eigenvalue weighted by Gasteiger charge is -2.25. The minimum absolute atomic E-state index is 0.102. The summed E-state index contributed by atoms with van der Waals surface area (Å²) in [5.41, 5.74) is 3.17. The zero-order valence-corrected chi connectivity index (χ0v) is 18.4. The summed E-state index contributed by atoms with van der Waals surface area (Å²) in [5.74, 6) is 1.09. The van der Waals surface area contributed by atoms with Gasteiger partial charge in [0.25, 0.3) is 0 Å². The van der Waals surface area contributed by atoms with Gasteiger partial charge in [0.1, 0.15) is 5.75 Å². The van der Waals surface area contributed by atoms with E-state index in [9.17, 15) is 9.59 Å². The summed E-state index contributed by atoms with van der Waals surface area (Å²) in [6, 6.07) is 16.1. The van der Waals surface area contributed by atoms with E-state index in [0.717, 1.165) is 22.4 Å². The molecule has 2 aromatic carbocycles. The normalized spacial score (nSPS) is 17.2. The molecule has 0 radical (unpaired) electrons. The van der Waals surface area contributed by atoms with Crippen molar-refractivity contribution < 1.29 is 14.3 Å². The molecule has 5 heteroatoms. The van der Waals surface area contributed by atoms with Gasteiger partial charge in [-0.05, 0) is 29.5 Å². The summed E-state index contributed by atoms with van der Waals surface area (Å²) in [4.78, 5) is 29.4. The smallest absolute Gasteiger partial charge is 0.227 e. The van der Waals surface area contributed by atoms with E-state index in [4.69, 9.17) is 4.74 Å². The predicted octanol–water partition coefficient (Wildman–Crippen LogP) is 3.87. The highest BCUT2D eigenvalue weighted by molar-refractivity contribution is 5.83.